The zero-order valence-electron chi connectivity index (χ0n) is 7.91. The van der Waals surface area contributed by atoms with Gasteiger partial charge in [0, 0.05) is 16.5 Å². The number of halogens is 2. The van der Waals surface area contributed by atoms with Gasteiger partial charge in [-0.2, -0.15) is 0 Å². The Kier molecular flexibility index (Phi) is 3.59. The third-order valence-electron chi connectivity index (χ3n) is 2.17. The highest BCUT2D eigenvalue weighted by molar-refractivity contribution is 9.09. The lowest BCUT2D eigenvalue weighted by molar-refractivity contribution is 0.397. The lowest BCUT2D eigenvalue weighted by Gasteiger charge is -1.98. The molecule has 78 valence electrons. The van der Waals surface area contributed by atoms with E-state index in [2.05, 4.69) is 37.0 Å². The second-order valence-electron chi connectivity index (χ2n) is 3.07. The van der Waals surface area contributed by atoms with Crippen LogP contribution in [0.15, 0.2) is 34.9 Å². The summed E-state index contributed by atoms with van der Waals surface area (Å²) in [6.45, 7) is 0. The summed E-state index contributed by atoms with van der Waals surface area (Å²) in [4.78, 5) is 0. The standard InChI is InChI=1S/C11H9Br2NO/c12-6-9-10(7-13)15-14-11(9)8-4-2-1-3-5-8/h1-5H,6-7H2. The maximum Gasteiger partial charge on any atom is 0.151 e. The van der Waals surface area contributed by atoms with E-state index >= 15 is 0 Å². The molecule has 2 rings (SSSR count). The van der Waals surface area contributed by atoms with E-state index in [0.717, 1.165) is 27.9 Å². The summed E-state index contributed by atoms with van der Waals surface area (Å²) in [5.74, 6) is 0.880. The third-order valence-corrected chi connectivity index (χ3v) is 3.24. The molecule has 1 heterocycles. The smallest absolute Gasteiger partial charge is 0.151 e. The molecule has 2 aromatic rings. The van der Waals surface area contributed by atoms with Gasteiger partial charge in [0.1, 0.15) is 5.69 Å². The Morgan fingerprint density at radius 1 is 1.07 bits per heavy atom. The van der Waals surface area contributed by atoms with Crippen LogP contribution in [0.5, 0.6) is 0 Å². The van der Waals surface area contributed by atoms with E-state index in [1.165, 1.54) is 0 Å². The van der Waals surface area contributed by atoms with Crippen molar-refractivity contribution in [3.8, 4) is 11.3 Å². The second-order valence-corrected chi connectivity index (χ2v) is 4.19. The van der Waals surface area contributed by atoms with Crippen LogP contribution >= 0.6 is 31.9 Å². The van der Waals surface area contributed by atoms with Gasteiger partial charge in [0.25, 0.3) is 0 Å². The zero-order chi connectivity index (χ0) is 10.7. The van der Waals surface area contributed by atoms with Crippen molar-refractivity contribution < 1.29 is 4.52 Å². The van der Waals surface area contributed by atoms with E-state index in [0.29, 0.717) is 5.33 Å². The van der Waals surface area contributed by atoms with Gasteiger partial charge in [0.2, 0.25) is 0 Å². The topological polar surface area (TPSA) is 26.0 Å². The fourth-order valence-electron chi connectivity index (χ4n) is 1.41. The summed E-state index contributed by atoms with van der Waals surface area (Å²) in [6.07, 6.45) is 0. The third kappa shape index (κ3) is 2.16. The molecule has 0 atom stereocenters. The molecular formula is C11H9Br2NO. The summed E-state index contributed by atoms with van der Waals surface area (Å²) in [6, 6.07) is 10.0. The summed E-state index contributed by atoms with van der Waals surface area (Å²) in [5.41, 5.74) is 3.11. The minimum Gasteiger partial charge on any atom is -0.360 e. The van der Waals surface area contributed by atoms with Gasteiger partial charge in [-0.1, -0.05) is 67.3 Å². The quantitative estimate of drug-likeness (QED) is 0.791. The Bertz CT molecular complexity index is 439. The van der Waals surface area contributed by atoms with Crippen molar-refractivity contribution in [2.45, 2.75) is 10.7 Å². The molecule has 0 spiro atoms. The van der Waals surface area contributed by atoms with E-state index in [-0.39, 0.29) is 0 Å². The fourth-order valence-corrected chi connectivity index (χ4v) is 2.43. The molecule has 0 saturated carbocycles. The van der Waals surface area contributed by atoms with E-state index in [9.17, 15) is 0 Å². The summed E-state index contributed by atoms with van der Waals surface area (Å²) < 4.78 is 5.26. The van der Waals surface area contributed by atoms with E-state index in [1.54, 1.807) is 0 Å². The van der Waals surface area contributed by atoms with Crippen LogP contribution in [0, 0.1) is 0 Å². The van der Waals surface area contributed by atoms with Gasteiger partial charge in [-0.15, -0.1) is 0 Å². The van der Waals surface area contributed by atoms with Crippen LogP contribution < -0.4 is 0 Å². The Labute approximate surface area is 105 Å². The van der Waals surface area contributed by atoms with Gasteiger partial charge in [0.05, 0.1) is 5.33 Å². The molecule has 0 aliphatic heterocycles. The summed E-state index contributed by atoms with van der Waals surface area (Å²) >= 11 is 6.84. The first-order valence-corrected chi connectivity index (χ1v) is 6.76. The van der Waals surface area contributed by atoms with Crippen molar-refractivity contribution in [3.05, 3.63) is 41.7 Å². The van der Waals surface area contributed by atoms with Gasteiger partial charge in [0.15, 0.2) is 5.76 Å². The first kappa shape index (κ1) is 10.9. The number of alkyl halides is 2. The van der Waals surface area contributed by atoms with Crippen LogP contribution in [0.1, 0.15) is 11.3 Å². The number of hydrogen-bond acceptors (Lipinski definition) is 2. The lowest BCUT2D eigenvalue weighted by Crippen LogP contribution is -1.85. The summed E-state index contributed by atoms with van der Waals surface area (Å²) in [5, 5.41) is 5.53. The molecule has 0 aliphatic rings. The number of benzene rings is 1. The van der Waals surface area contributed by atoms with Crippen molar-refractivity contribution in [1.29, 1.82) is 0 Å². The van der Waals surface area contributed by atoms with Crippen molar-refractivity contribution in [1.82, 2.24) is 5.16 Å². The number of rotatable bonds is 3. The van der Waals surface area contributed by atoms with E-state index < -0.39 is 0 Å². The molecule has 0 amide bonds. The summed E-state index contributed by atoms with van der Waals surface area (Å²) in [7, 11) is 0. The maximum absolute atomic E-state index is 5.26. The largest absolute Gasteiger partial charge is 0.360 e. The first-order valence-electron chi connectivity index (χ1n) is 4.51. The average Bonchev–Trinajstić information content (AvgIpc) is 2.72. The minimum absolute atomic E-state index is 0.688. The van der Waals surface area contributed by atoms with Crippen LogP contribution in [0.4, 0.5) is 0 Å². The zero-order valence-corrected chi connectivity index (χ0v) is 11.1. The molecular weight excluding hydrogens is 322 g/mol. The number of hydrogen-bond donors (Lipinski definition) is 0. The maximum atomic E-state index is 5.26. The van der Waals surface area contributed by atoms with Crippen LogP contribution in [0.3, 0.4) is 0 Å². The molecule has 0 bridgehead atoms. The van der Waals surface area contributed by atoms with Crippen LogP contribution in [0.2, 0.25) is 0 Å². The van der Waals surface area contributed by atoms with Crippen molar-refractivity contribution in [2.24, 2.45) is 0 Å². The van der Waals surface area contributed by atoms with Gasteiger partial charge in [-0.3, -0.25) is 0 Å². The minimum atomic E-state index is 0.688. The molecule has 1 aromatic heterocycles. The molecule has 0 aliphatic carbocycles. The second kappa shape index (κ2) is 4.94. The highest BCUT2D eigenvalue weighted by Crippen LogP contribution is 2.28. The van der Waals surface area contributed by atoms with Crippen molar-refractivity contribution in [2.75, 3.05) is 0 Å². The molecule has 1 aromatic carbocycles. The molecule has 0 fully saturated rings. The highest BCUT2D eigenvalue weighted by atomic mass is 79.9. The average molecular weight is 331 g/mol. The Morgan fingerprint density at radius 2 is 1.80 bits per heavy atom. The Hall–Kier alpha value is -0.610. The molecule has 0 saturated heterocycles. The Morgan fingerprint density at radius 3 is 2.40 bits per heavy atom. The first-order chi connectivity index (χ1) is 7.36. The highest BCUT2D eigenvalue weighted by Gasteiger charge is 2.14. The number of nitrogens with zero attached hydrogens (tertiary/aromatic N) is 1. The lowest BCUT2D eigenvalue weighted by atomic mass is 10.1. The van der Waals surface area contributed by atoms with Gasteiger partial charge in [-0.25, -0.2) is 0 Å². The predicted octanol–water partition coefficient (Wildman–Crippen LogP) is 4.13. The van der Waals surface area contributed by atoms with Gasteiger partial charge < -0.3 is 4.52 Å². The predicted molar refractivity (Wildman–Crippen MR) is 67.2 cm³/mol. The normalized spacial score (nSPS) is 10.5. The van der Waals surface area contributed by atoms with E-state index in [4.69, 9.17) is 4.52 Å². The molecule has 0 N–H and O–H groups in total. The molecule has 4 heteroatoms. The van der Waals surface area contributed by atoms with Gasteiger partial charge >= 0.3 is 0 Å². The van der Waals surface area contributed by atoms with Crippen molar-refractivity contribution >= 4 is 31.9 Å². The van der Waals surface area contributed by atoms with Crippen LogP contribution in [-0.2, 0) is 10.7 Å². The van der Waals surface area contributed by atoms with E-state index in [1.807, 2.05) is 30.3 Å². The van der Waals surface area contributed by atoms with Gasteiger partial charge in [-0.05, 0) is 0 Å². The molecule has 0 radical (unpaired) electrons. The molecule has 2 nitrogen and oxygen atoms in total. The fraction of sp³-hybridized carbons (Fsp3) is 0.182. The SMILES string of the molecule is BrCc1onc(-c2ccccc2)c1CBr. The monoisotopic (exact) mass is 329 g/mol. The molecule has 15 heavy (non-hydrogen) atoms. The van der Waals surface area contributed by atoms with Crippen LogP contribution in [0.25, 0.3) is 11.3 Å². The number of aromatic nitrogens is 1. The Balaban J connectivity index is 2.49. The molecule has 0 unspecified atom stereocenters. The van der Waals surface area contributed by atoms with Crippen molar-refractivity contribution in [3.63, 3.8) is 0 Å². The van der Waals surface area contributed by atoms with Crippen LogP contribution in [-0.4, -0.2) is 5.16 Å².